The summed E-state index contributed by atoms with van der Waals surface area (Å²) < 4.78 is 5.38. The molecule has 1 aliphatic carbocycles. The molecule has 0 unspecified atom stereocenters. The largest absolute Gasteiger partial charge is 0.496 e. The molecule has 2 aliphatic heterocycles. The van der Waals surface area contributed by atoms with Crippen molar-refractivity contribution in [2.75, 3.05) is 46.4 Å². The summed E-state index contributed by atoms with van der Waals surface area (Å²) in [6.07, 6.45) is 4.98. The molecule has 0 atom stereocenters. The van der Waals surface area contributed by atoms with Gasteiger partial charge in [-0.1, -0.05) is 6.42 Å². The quantitative estimate of drug-likeness (QED) is 0.715. The van der Waals surface area contributed by atoms with Crippen molar-refractivity contribution < 1.29 is 9.53 Å². The number of ether oxygens (including phenoxy) is 1. The molecule has 3 heterocycles. The maximum absolute atomic E-state index is 12.9. The number of amides is 1. The highest BCUT2D eigenvalue weighted by Gasteiger charge is 2.30. The van der Waals surface area contributed by atoms with E-state index in [0.29, 0.717) is 6.54 Å². The Balaban J connectivity index is 1.18. The molecule has 31 heavy (non-hydrogen) atoms. The molecule has 2 aromatic rings. The number of nitrogens with zero attached hydrogens (tertiary/aromatic N) is 4. The zero-order chi connectivity index (χ0) is 21.4. The predicted molar refractivity (Wildman–Crippen MR) is 124 cm³/mol. The van der Waals surface area contributed by atoms with Crippen molar-refractivity contribution in [3.63, 3.8) is 0 Å². The Kier molecular flexibility index (Phi) is 5.99. The zero-order valence-electron chi connectivity index (χ0n) is 18.6. The molecule has 5 rings (SSSR count). The average molecular weight is 441 g/mol. The highest BCUT2D eigenvalue weighted by molar-refractivity contribution is 7.15. The fourth-order valence-corrected chi connectivity index (χ4v) is 6.04. The molecular formula is C24H32N4O2S. The number of carbonyl (C=O) groups excluding carboxylic acids is 1. The second-order valence-corrected chi connectivity index (χ2v) is 10.1. The number of hydrogen-bond acceptors (Lipinski definition) is 6. The van der Waals surface area contributed by atoms with Gasteiger partial charge in [0.2, 0.25) is 5.91 Å². The lowest BCUT2D eigenvalue weighted by molar-refractivity contribution is -0.135. The monoisotopic (exact) mass is 440 g/mol. The number of methoxy groups -OCH3 is 1. The number of rotatable bonds is 5. The lowest BCUT2D eigenvalue weighted by Crippen LogP contribution is -2.55. The van der Waals surface area contributed by atoms with Crippen LogP contribution in [-0.2, 0) is 17.8 Å². The second kappa shape index (κ2) is 8.88. The van der Waals surface area contributed by atoms with E-state index < -0.39 is 0 Å². The van der Waals surface area contributed by atoms with Crippen LogP contribution < -0.4 is 4.74 Å². The van der Waals surface area contributed by atoms with E-state index >= 15 is 0 Å². The van der Waals surface area contributed by atoms with Crippen molar-refractivity contribution in [3.05, 3.63) is 34.3 Å². The van der Waals surface area contributed by atoms with Crippen molar-refractivity contribution in [1.82, 2.24) is 19.7 Å². The lowest BCUT2D eigenvalue weighted by Gasteiger charge is -2.43. The standard InChI is InChI=1S/C24H32N4O2S/c1-17-14-18(6-7-21(17)30-2)24-25-20-8-9-26(15-22(20)31-24)16-23(29)28-12-10-27(11-13-28)19-4-3-5-19/h6-7,14,19H,3-5,8-13,15-16H2,1-2H3. The van der Waals surface area contributed by atoms with E-state index in [4.69, 9.17) is 9.72 Å². The van der Waals surface area contributed by atoms with Crippen molar-refractivity contribution in [2.24, 2.45) is 0 Å². The van der Waals surface area contributed by atoms with Crippen LogP contribution in [0, 0.1) is 6.92 Å². The molecule has 1 aromatic carbocycles. The SMILES string of the molecule is COc1ccc(-c2nc3c(s2)CN(CC(=O)N2CCN(C4CCC4)CC2)CC3)cc1C. The minimum Gasteiger partial charge on any atom is -0.496 e. The fraction of sp³-hybridized carbons (Fsp3) is 0.583. The number of aromatic nitrogens is 1. The second-order valence-electron chi connectivity index (χ2n) is 9.04. The van der Waals surface area contributed by atoms with Gasteiger partial charge in [-0.3, -0.25) is 14.6 Å². The molecule has 2 fully saturated rings. The molecule has 3 aliphatic rings. The van der Waals surface area contributed by atoms with Crippen molar-refractivity contribution in [1.29, 1.82) is 0 Å². The molecule has 0 spiro atoms. The van der Waals surface area contributed by atoms with Crippen LogP contribution in [0.1, 0.15) is 35.4 Å². The molecule has 1 aromatic heterocycles. The Bertz CT molecular complexity index is 947. The number of piperazine rings is 1. The molecule has 0 N–H and O–H groups in total. The Hall–Kier alpha value is -1.96. The normalized spacial score (nSPS) is 20.4. The summed E-state index contributed by atoms with van der Waals surface area (Å²) in [6, 6.07) is 7.03. The van der Waals surface area contributed by atoms with Crippen LogP contribution in [0.2, 0.25) is 0 Å². The van der Waals surface area contributed by atoms with Crippen molar-refractivity contribution >= 4 is 17.2 Å². The predicted octanol–water partition coefficient (Wildman–Crippen LogP) is 3.18. The van der Waals surface area contributed by atoms with Gasteiger partial charge >= 0.3 is 0 Å². The van der Waals surface area contributed by atoms with Gasteiger partial charge in [0.15, 0.2) is 0 Å². The van der Waals surface area contributed by atoms with Gasteiger partial charge in [-0.15, -0.1) is 11.3 Å². The summed E-state index contributed by atoms with van der Waals surface area (Å²) in [5.74, 6) is 1.19. The van der Waals surface area contributed by atoms with E-state index in [-0.39, 0.29) is 5.91 Å². The maximum Gasteiger partial charge on any atom is 0.236 e. The topological polar surface area (TPSA) is 48.9 Å². The lowest BCUT2D eigenvalue weighted by atomic mass is 9.91. The molecule has 1 saturated heterocycles. The molecular weight excluding hydrogens is 408 g/mol. The molecule has 1 amide bonds. The van der Waals surface area contributed by atoms with Gasteiger partial charge < -0.3 is 9.64 Å². The summed E-state index contributed by atoms with van der Waals surface area (Å²) in [5.41, 5.74) is 3.47. The third-order valence-electron chi connectivity index (χ3n) is 7.07. The molecule has 0 radical (unpaired) electrons. The van der Waals surface area contributed by atoms with Gasteiger partial charge in [0.25, 0.3) is 0 Å². The summed E-state index contributed by atoms with van der Waals surface area (Å²) in [6.45, 7) is 8.18. The minimum absolute atomic E-state index is 0.284. The van der Waals surface area contributed by atoms with Crippen molar-refractivity contribution in [3.8, 4) is 16.3 Å². The highest BCUT2D eigenvalue weighted by Crippen LogP contribution is 2.33. The van der Waals surface area contributed by atoms with E-state index in [2.05, 4.69) is 33.8 Å². The molecule has 1 saturated carbocycles. The fourth-order valence-electron chi connectivity index (χ4n) is 4.90. The van der Waals surface area contributed by atoms with E-state index in [1.165, 1.54) is 29.8 Å². The zero-order valence-corrected chi connectivity index (χ0v) is 19.4. The van der Waals surface area contributed by atoms with Crippen LogP contribution in [0.4, 0.5) is 0 Å². The van der Waals surface area contributed by atoms with Gasteiger partial charge in [0, 0.05) is 62.2 Å². The Morgan fingerprint density at radius 3 is 2.68 bits per heavy atom. The number of fused-ring (bicyclic) bond motifs is 1. The van der Waals surface area contributed by atoms with Gasteiger partial charge in [-0.25, -0.2) is 4.98 Å². The average Bonchev–Trinajstić information content (AvgIpc) is 3.16. The summed E-state index contributed by atoms with van der Waals surface area (Å²) in [7, 11) is 1.70. The number of hydrogen-bond donors (Lipinski definition) is 0. The smallest absolute Gasteiger partial charge is 0.236 e. The van der Waals surface area contributed by atoms with E-state index in [0.717, 1.165) is 73.6 Å². The summed E-state index contributed by atoms with van der Waals surface area (Å²) in [5, 5.41) is 1.07. The molecule has 166 valence electrons. The third-order valence-corrected chi connectivity index (χ3v) is 8.20. The number of carbonyl (C=O) groups is 1. The van der Waals surface area contributed by atoms with Crippen LogP contribution in [0.3, 0.4) is 0 Å². The number of aryl methyl sites for hydroxylation is 1. The van der Waals surface area contributed by atoms with Crippen LogP contribution in [0.15, 0.2) is 18.2 Å². The van der Waals surface area contributed by atoms with Gasteiger partial charge in [-0.2, -0.15) is 0 Å². The summed E-state index contributed by atoms with van der Waals surface area (Å²) >= 11 is 1.76. The summed E-state index contributed by atoms with van der Waals surface area (Å²) in [4.78, 5) is 26.1. The van der Waals surface area contributed by atoms with E-state index in [1.807, 2.05) is 6.07 Å². The van der Waals surface area contributed by atoms with Crippen LogP contribution in [0.25, 0.3) is 10.6 Å². The Morgan fingerprint density at radius 2 is 2.00 bits per heavy atom. The van der Waals surface area contributed by atoms with E-state index in [1.54, 1.807) is 18.4 Å². The van der Waals surface area contributed by atoms with Crippen molar-refractivity contribution in [2.45, 2.75) is 45.2 Å². The molecule has 7 heteroatoms. The van der Waals surface area contributed by atoms with Gasteiger partial charge in [-0.05, 0) is 43.5 Å². The molecule has 6 nitrogen and oxygen atoms in total. The maximum atomic E-state index is 12.9. The van der Waals surface area contributed by atoms with Crippen LogP contribution in [0.5, 0.6) is 5.75 Å². The Morgan fingerprint density at radius 1 is 1.19 bits per heavy atom. The minimum atomic E-state index is 0.284. The first-order chi connectivity index (χ1) is 15.1. The van der Waals surface area contributed by atoms with E-state index in [9.17, 15) is 4.79 Å². The van der Waals surface area contributed by atoms with Crippen LogP contribution >= 0.6 is 11.3 Å². The number of benzene rings is 1. The first-order valence-electron chi connectivity index (χ1n) is 11.5. The number of thiazole rings is 1. The van der Waals surface area contributed by atoms with Gasteiger partial charge in [0.1, 0.15) is 10.8 Å². The highest BCUT2D eigenvalue weighted by atomic mass is 32.1. The Labute approximate surface area is 188 Å². The van der Waals surface area contributed by atoms with Crippen LogP contribution in [-0.4, -0.2) is 78.0 Å². The van der Waals surface area contributed by atoms with Gasteiger partial charge in [0.05, 0.1) is 19.3 Å². The first-order valence-corrected chi connectivity index (χ1v) is 12.3. The first kappa shape index (κ1) is 20.9. The molecule has 0 bridgehead atoms. The third kappa shape index (κ3) is 4.36.